The standard InChI is InChI=1S/C17H17ClF2N2O3S/c18-11-6-3-7-12(14(11)26-17(19)20)21-13(23)8-22-15(24)9-4-1-2-5-10(9)16(22)25/h3,6-7,9-10,17H,1-2,4-5,8H2,(H,21,23). The number of fused-ring (bicyclic) bond motifs is 1. The highest BCUT2D eigenvalue weighted by molar-refractivity contribution is 7.99. The number of thioether (sulfide) groups is 1. The van der Waals surface area contributed by atoms with Gasteiger partial charge >= 0.3 is 0 Å². The molecule has 1 heterocycles. The normalized spacial score (nSPS) is 22.7. The lowest BCUT2D eigenvalue weighted by Crippen LogP contribution is -2.38. The number of imide groups is 1. The molecule has 140 valence electrons. The summed E-state index contributed by atoms with van der Waals surface area (Å²) in [6.07, 6.45) is 3.13. The number of benzene rings is 1. The fourth-order valence-corrected chi connectivity index (χ4v) is 4.45. The molecule has 5 nitrogen and oxygen atoms in total. The molecule has 0 bridgehead atoms. The van der Waals surface area contributed by atoms with Crippen molar-refractivity contribution in [1.29, 1.82) is 0 Å². The first-order valence-corrected chi connectivity index (χ1v) is 9.52. The van der Waals surface area contributed by atoms with Crippen LogP contribution < -0.4 is 5.32 Å². The van der Waals surface area contributed by atoms with E-state index in [1.54, 1.807) is 0 Å². The number of nitrogens with zero attached hydrogens (tertiary/aromatic N) is 1. The highest BCUT2D eigenvalue weighted by Crippen LogP contribution is 2.39. The first kappa shape index (κ1) is 19.1. The van der Waals surface area contributed by atoms with E-state index in [9.17, 15) is 23.2 Å². The number of amides is 3. The van der Waals surface area contributed by atoms with Gasteiger partial charge in [-0.1, -0.05) is 42.3 Å². The molecular weight excluding hydrogens is 386 g/mol. The number of halogens is 3. The number of alkyl halides is 2. The number of nitrogens with one attached hydrogen (secondary N) is 1. The molecule has 2 fully saturated rings. The van der Waals surface area contributed by atoms with Gasteiger partial charge in [0.2, 0.25) is 17.7 Å². The van der Waals surface area contributed by atoms with Gasteiger partial charge < -0.3 is 5.32 Å². The topological polar surface area (TPSA) is 66.5 Å². The molecule has 2 aliphatic rings. The van der Waals surface area contributed by atoms with Crippen LogP contribution >= 0.6 is 23.4 Å². The van der Waals surface area contributed by atoms with Gasteiger partial charge in [-0.05, 0) is 25.0 Å². The second-order valence-electron chi connectivity index (χ2n) is 6.30. The van der Waals surface area contributed by atoms with E-state index in [0.717, 1.165) is 17.7 Å². The van der Waals surface area contributed by atoms with Crippen molar-refractivity contribution in [2.24, 2.45) is 11.8 Å². The van der Waals surface area contributed by atoms with Gasteiger partial charge in [0.1, 0.15) is 6.54 Å². The zero-order valence-corrected chi connectivity index (χ0v) is 15.3. The number of rotatable bonds is 5. The SMILES string of the molecule is O=C(CN1C(=O)C2CCCCC2C1=O)Nc1cccc(Cl)c1SC(F)F. The molecule has 2 unspecified atom stereocenters. The molecule has 3 amide bonds. The third-order valence-corrected chi connectivity index (χ3v) is 5.96. The Bertz CT molecular complexity index is 723. The van der Waals surface area contributed by atoms with Gasteiger partial charge in [-0.3, -0.25) is 19.3 Å². The second kappa shape index (κ2) is 7.92. The number of hydrogen-bond acceptors (Lipinski definition) is 4. The largest absolute Gasteiger partial charge is 0.323 e. The Morgan fingerprint density at radius 2 is 1.85 bits per heavy atom. The second-order valence-corrected chi connectivity index (χ2v) is 7.71. The summed E-state index contributed by atoms with van der Waals surface area (Å²) < 4.78 is 25.4. The lowest BCUT2D eigenvalue weighted by Gasteiger charge is -2.19. The van der Waals surface area contributed by atoms with Crippen molar-refractivity contribution in [3.8, 4) is 0 Å². The average Bonchev–Trinajstić information content (AvgIpc) is 2.83. The fraction of sp³-hybridized carbons (Fsp3) is 0.471. The molecular formula is C17H17ClF2N2O3S. The summed E-state index contributed by atoms with van der Waals surface area (Å²) in [5, 5.41) is 2.57. The van der Waals surface area contributed by atoms with Crippen LogP contribution in [0.15, 0.2) is 23.1 Å². The van der Waals surface area contributed by atoms with Crippen LogP contribution in [0.5, 0.6) is 0 Å². The summed E-state index contributed by atoms with van der Waals surface area (Å²) in [6, 6.07) is 4.41. The summed E-state index contributed by atoms with van der Waals surface area (Å²) in [4.78, 5) is 38.2. The van der Waals surface area contributed by atoms with Gasteiger partial charge in [0.05, 0.1) is 27.4 Å². The summed E-state index contributed by atoms with van der Waals surface area (Å²) in [5.41, 5.74) is 0.129. The predicted molar refractivity (Wildman–Crippen MR) is 94.1 cm³/mol. The van der Waals surface area contributed by atoms with Crippen molar-refractivity contribution >= 4 is 46.8 Å². The Morgan fingerprint density at radius 3 is 2.42 bits per heavy atom. The summed E-state index contributed by atoms with van der Waals surface area (Å²) in [7, 11) is 0. The zero-order chi connectivity index (χ0) is 18.8. The average molecular weight is 403 g/mol. The number of anilines is 1. The Kier molecular flexibility index (Phi) is 5.82. The lowest BCUT2D eigenvalue weighted by atomic mass is 9.81. The molecule has 26 heavy (non-hydrogen) atoms. The van der Waals surface area contributed by atoms with Crippen molar-refractivity contribution in [3.05, 3.63) is 23.2 Å². The number of carbonyl (C=O) groups excluding carboxylic acids is 3. The van der Waals surface area contributed by atoms with E-state index in [2.05, 4.69) is 5.32 Å². The number of carbonyl (C=O) groups is 3. The van der Waals surface area contributed by atoms with E-state index >= 15 is 0 Å². The van der Waals surface area contributed by atoms with Gasteiger partial charge in [-0.25, -0.2) is 0 Å². The smallest absolute Gasteiger partial charge is 0.289 e. The molecule has 1 N–H and O–H groups in total. The van der Waals surface area contributed by atoms with Crippen molar-refractivity contribution in [1.82, 2.24) is 4.90 Å². The molecule has 2 atom stereocenters. The Balaban J connectivity index is 1.71. The van der Waals surface area contributed by atoms with Gasteiger partial charge in [0, 0.05) is 0 Å². The third-order valence-electron chi connectivity index (χ3n) is 4.68. The monoisotopic (exact) mass is 402 g/mol. The van der Waals surface area contributed by atoms with Crippen LogP contribution in [0.4, 0.5) is 14.5 Å². The van der Waals surface area contributed by atoms with Crippen LogP contribution in [0.25, 0.3) is 0 Å². The van der Waals surface area contributed by atoms with Crippen molar-refractivity contribution in [2.45, 2.75) is 36.3 Å². The first-order valence-electron chi connectivity index (χ1n) is 8.27. The predicted octanol–water partition coefficient (Wildman–Crippen LogP) is 3.77. The molecule has 1 saturated carbocycles. The molecule has 9 heteroatoms. The molecule has 0 aromatic heterocycles. The summed E-state index contributed by atoms with van der Waals surface area (Å²) >= 11 is 6.16. The maximum Gasteiger partial charge on any atom is 0.289 e. The lowest BCUT2D eigenvalue weighted by molar-refractivity contribution is -0.142. The maximum absolute atomic E-state index is 12.7. The summed E-state index contributed by atoms with van der Waals surface area (Å²) in [6.45, 7) is -0.421. The van der Waals surface area contributed by atoms with E-state index in [1.807, 2.05) is 0 Å². The highest BCUT2D eigenvalue weighted by Gasteiger charge is 2.48. The Labute approximate surface area is 158 Å². The minimum Gasteiger partial charge on any atom is -0.323 e. The Morgan fingerprint density at radius 1 is 1.23 bits per heavy atom. The summed E-state index contributed by atoms with van der Waals surface area (Å²) in [5.74, 6) is -4.62. The van der Waals surface area contributed by atoms with Crippen LogP contribution in [-0.4, -0.2) is 34.9 Å². The van der Waals surface area contributed by atoms with Crippen LogP contribution in [0.1, 0.15) is 25.7 Å². The maximum atomic E-state index is 12.7. The minimum absolute atomic E-state index is 0.0465. The van der Waals surface area contributed by atoms with E-state index in [4.69, 9.17) is 11.6 Å². The highest BCUT2D eigenvalue weighted by atomic mass is 35.5. The van der Waals surface area contributed by atoms with Crippen LogP contribution in [-0.2, 0) is 14.4 Å². The van der Waals surface area contributed by atoms with Crippen molar-refractivity contribution in [3.63, 3.8) is 0 Å². The van der Waals surface area contributed by atoms with Crippen LogP contribution in [0.3, 0.4) is 0 Å². The van der Waals surface area contributed by atoms with Gasteiger partial charge in [0.25, 0.3) is 5.76 Å². The van der Waals surface area contributed by atoms with Gasteiger partial charge in [-0.2, -0.15) is 8.78 Å². The van der Waals surface area contributed by atoms with E-state index in [0.29, 0.717) is 12.8 Å². The number of likely N-dealkylation sites (tertiary alicyclic amines) is 1. The molecule has 1 aliphatic carbocycles. The molecule has 1 aliphatic heterocycles. The molecule has 1 aromatic rings. The Hall–Kier alpha value is -1.67. The molecule has 0 spiro atoms. The van der Waals surface area contributed by atoms with Gasteiger partial charge in [-0.15, -0.1) is 0 Å². The minimum atomic E-state index is -2.70. The van der Waals surface area contributed by atoms with Crippen LogP contribution in [0.2, 0.25) is 5.02 Å². The van der Waals surface area contributed by atoms with Crippen molar-refractivity contribution < 1.29 is 23.2 Å². The third kappa shape index (κ3) is 3.86. The molecule has 1 saturated heterocycles. The quantitative estimate of drug-likeness (QED) is 0.601. The first-order chi connectivity index (χ1) is 12.4. The number of hydrogen-bond donors (Lipinski definition) is 1. The molecule has 1 aromatic carbocycles. The molecule has 0 radical (unpaired) electrons. The van der Waals surface area contributed by atoms with E-state index in [-0.39, 0.29) is 51.0 Å². The van der Waals surface area contributed by atoms with E-state index in [1.165, 1.54) is 18.2 Å². The van der Waals surface area contributed by atoms with Gasteiger partial charge in [0.15, 0.2) is 0 Å². The zero-order valence-electron chi connectivity index (χ0n) is 13.7. The van der Waals surface area contributed by atoms with E-state index < -0.39 is 18.2 Å². The molecule has 3 rings (SSSR count). The fourth-order valence-electron chi connectivity index (χ4n) is 3.54. The van der Waals surface area contributed by atoms with Crippen LogP contribution in [0, 0.1) is 11.8 Å². The van der Waals surface area contributed by atoms with Crippen molar-refractivity contribution in [2.75, 3.05) is 11.9 Å².